The number of carboxylic acid groups (broad SMARTS) is 1. The molecule has 12 heteroatoms. The SMILES string of the molecule is CNc1cc(-n2ccc3cc(C(N)=O)cnc32)ncc1-c1nnc(C2CCC(N(C(=O)O)C(C)(C)C)CC2)s1. The van der Waals surface area contributed by atoms with Crippen LogP contribution in [0.15, 0.2) is 36.8 Å². The molecule has 0 aromatic carbocycles. The fourth-order valence-electron chi connectivity index (χ4n) is 5.38. The normalized spacial score (nSPS) is 17.7. The summed E-state index contributed by atoms with van der Waals surface area (Å²) in [5.74, 6) is 0.409. The van der Waals surface area contributed by atoms with Crippen LogP contribution in [0.4, 0.5) is 10.5 Å². The van der Waals surface area contributed by atoms with E-state index >= 15 is 0 Å². The number of nitrogens with zero attached hydrogens (tertiary/aromatic N) is 6. The average Bonchev–Trinajstić information content (AvgIpc) is 3.55. The Morgan fingerprint density at radius 2 is 1.87 bits per heavy atom. The first-order valence-corrected chi connectivity index (χ1v) is 13.7. The quantitative estimate of drug-likeness (QED) is 0.308. The number of fused-ring (bicyclic) bond motifs is 1. The Labute approximate surface area is 230 Å². The summed E-state index contributed by atoms with van der Waals surface area (Å²) in [7, 11) is 1.85. The molecule has 1 saturated carbocycles. The van der Waals surface area contributed by atoms with Gasteiger partial charge in [0.2, 0.25) is 5.91 Å². The van der Waals surface area contributed by atoms with Crippen molar-refractivity contribution in [1.82, 2.24) is 29.6 Å². The number of amides is 2. The van der Waals surface area contributed by atoms with Gasteiger partial charge in [0.1, 0.15) is 16.5 Å². The van der Waals surface area contributed by atoms with Gasteiger partial charge in [0, 0.05) is 60.3 Å². The molecule has 2 amide bonds. The molecular weight excluding hydrogens is 516 g/mol. The summed E-state index contributed by atoms with van der Waals surface area (Å²) in [4.78, 5) is 34.1. The van der Waals surface area contributed by atoms with E-state index in [2.05, 4.69) is 25.5 Å². The number of hydrogen-bond donors (Lipinski definition) is 3. The molecule has 1 fully saturated rings. The Bertz CT molecular complexity index is 1530. The monoisotopic (exact) mass is 548 g/mol. The lowest BCUT2D eigenvalue weighted by Gasteiger charge is -2.42. The third kappa shape index (κ3) is 5.16. The first-order valence-electron chi connectivity index (χ1n) is 12.9. The lowest BCUT2D eigenvalue weighted by molar-refractivity contribution is 0.0546. The number of pyridine rings is 2. The van der Waals surface area contributed by atoms with E-state index in [-0.39, 0.29) is 12.0 Å². The van der Waals surface area contributed by atoms with E-state index in [1.165, 1.54) is 6.20 Å². The van der Waals surface area contributed by atoms with Crippen molar-refractivity contribution in [3.8, 4) is 16.4 Å². The van der Waals surface area contributed by atoms with E-state index in [9.17, 15) is 14.7 Å². The zero-order chi connectivity index (χ0) is 27.9. The molecule has 0 saturated heterocycles. The van der Waals surface area contributed by atoms with Gasteiger partial charge in [0.05, 0.1) is 11.1 Å². The summed E-state index contributed by atoms with van der Waals surface area (Å²) < 4.78 is 1.85. The molecule has 0 unspecified atom stereocenters. The maximum absolute atomic E-state index is 11.9. The van der Waals surface area contributed by atoms with Crippen LogP contribution in [0, 0.1) is 0 Å². The lowest BCUT2D eigenvalue weighted by Crippen LogP contribution is -2.52. The Morgan fingerprint density at radius 3 is 2.51 bits per heavy atom. The van der Waals surface area contributed by atoms with Crippen LogP contribution in [0.2, 0.25) is 0 Å². The standard InChI is InChI=1S/C27H32N8O3S/c1-27(2,3)35(26(37)38)18-7-5-15(6-8-18)24-32-33-25(39-24)19-14-30-21(12-20(19)29-4)34-10-9-16-11-17(22(28)36)13-31-23(16)34/h9-15,18H,5-8H2,1-4H3,(H2,28,36)(H,29,30)(H,37,38). The van der Waals surface area contributed by atoms with Gasteiger partial charge in [0.15, 0.2) is 5.01 Å². The summed E-state index contributed by atoms with van der Waals surface area (Å²) >= 11 is 1.56. The molecule has 1 aliphatic rings. The van der Waals surface area contributed by atoms with Gasteiger partial charge in [-0.15, -0.1) is 10.2 Å². The third-order valence-electron chi connectivity index (χ3n) is 7.23. The third-order valence-corrected chi connectivity index (χ3v) is 8.35. The highest BCUT2D eigenvalue weighted by Gasteiger charge is 2.36. The molecule has 4 aromatic heterocycles. The van der Waals surface area contributed by atoms with Gasteiger partial charge in [-0.25, -0.2) is 14.8 Å². The summed E-state index contributed by atoms with van der Waals surface area (Å²) in [5.41, 5.74) is 7.68. The summed E-state index contributed by atoms with van der Waals surface area (Å²) in [5, 5.41) is 24.5. The van der Waals surface area contributed by atoms with E-state index < -0.39 is 17.5 Å². The first-order chi connectivity index (χ1) is 18.6. The first kappa shape index (κ1) is 26.5. The second-order valence-electron chi connectivity index (χ2n) is 10.8. The van der Waals surface area contributed by atoms with Crippen molar-refractivity contribution in [3.05, 3.63) is 47.4 Å². The van der Waals surface area contributed by atoms with Crippen molar-refractivity contribution < 1.29 is 14.7 Å². The predicted molar refractivity (Wildman–Crippen MR) is 150 cm³/mol. The van der Waals surface area contributed by atoms with Gasteiger partial charge in [-0.2, -0.15) is 0 Å². The molecule has 4 heterocycles. The second-order valence-corrected chi connectivity index (χ2v) is 11.8. The number of hydrogen-bond acceptors (Lipinski definition) is 8. The molecule has 0 bridgehead atoms. The number of carbonyl (C=O) groups excluding carboxylic acids is 1. The van der Waals surface area contributed by atoms with Crippen LogP contribution in [0.3, 0.4) is 0 Å². The second kappa shape index (κ2) is 10.3. The van der Waals surface area contributed by atoms with Gasteiger partial charge >= 0.3 is 6.09 Å². The van der Waals surface area contributed by atoms with Crippen molar-refractivity contribution in [2.24, 2.45) is 5.73 Å². The summed E-state index contributed by atoms with van der Waals surface area (Å²) in [6, 6.07) is 5.53. The zero-order valence-electron chi connectivity index (χ0n) is 22.4. The van der Waals surface area contributed by atoms with E-state index in [1.807, 2.05) is 50.7 Å². The van der Waals surface area contributed by atoms with Gasteiger partial charge < -0.3 is 21.1 Å². The molecule has 5 rings (SSSR count). The highest BCUT2D eigenvalue weighted by atomic mass is 32.1. The lowest BCUT2D eigenvalue weighted by atomic mass is 9.84. The minimum Gasteiger partial charge on any atom is -0.465 e. The van der Waals surface area contributed by atoms with Gasteiger partial charge in [0.25, 0.3) is 0 Å². The van der Waals surface area contributed by atoms with Gasteiger partial charge in [-0.3, -0.25) is 9.36 Å². The fraction of sp³-hybridized carbons (Fsp3) is 0.407. The highest BCUT2D eigenvalue weighted by molar-refractivity contribution is 7.14. The van der Waals surface area contributed by atoms with Crippen LogP contribution in [-0.2, 0) is 0 Å². The number of aromatic nitrogens is 5. The van der Waals surface area contributed by atoms with Crippen molar-refractivity contribution >= 4 is 40.1 Å². The largest absolute Gasteiger partial charge is 0.465 e. The molecule has 4 aromatic rings. The van der Waals surface area contributed by atoms with E-state index in [0.717, 1.165) is 52.3 Å². The molecule has 1 aliphatic carbocycles. The Morgan fingerprint density at radius 1 is 1.13 bits per heavy atom. The van der Waals surface area contributed by atoms with Crippen molar-refractivity contribution in [1.29, 1.82) is 0 Å². The minimum absolute atomic E-state index is 0.0143. The Hall–Kier alpha value is -4.06. The number of carbonyl (C=O) groups is 2. The van der Waals surface area contributed by atoms with Crippen LogP contribution >= 0.6 is 11.3 Å². The number of anilines is 1. The van der Waals surface area contributed by atoms with Crippen LogP contribution < -0.4 is 11.1 Å². The molecule has 4 N–H and O–H groups in total. The maximum atomic E-state index is 11.9. The number of primary amides is 1. The van der Waals surface area contributed by atoms with E-state index in [0.29, 0.717) is 17.0 Å². The van der Waals surface area contributed by atoms with Gasteiger partial charge in [-0.05, 0) is 58.6 Å². The molecule has 11 nitrogen and oxygen atoms in total. The molecule has 204 valence electrons. The van der Waals surface area contributed by atoms with Gasteiger partial charge in [-0.1, -0.05) is 11.3 Å². The minimum atomic E-state index is -0.862. The molecule has 0 aliphatic heterocycles. The molecular formula is C27H32N8O3S. The molecule has 0 atom stereocenters. The molecule has 39 heavy (non-hydrogen) atoms. The maximum Gasteiger partial charge on any atom is 0.407 e. The van der Waals surface area contributed by atoms with Crippen molar-refractivity contribution in [2.75, 3.05) is 12.4 Å². The van der Waals surface area contributed by atoms with Crippen LogP contribution in [0.5, 0.6) is 0 Å². The molecule has 0 spiro atoms. The predicted octanol–water partition coefficient (Wildman–Crippen LogP) is 4.88. The smallest absolute Gasteiger partial charge is 0.407 e. The molecule has 0 radical (unpaired) electrons. The van der Waals surface area contributed by atoms with Crippen molar-refractivity contribution in [3.63, 3.8) is 0 Å². The number of rotatable bonds is 6. The van der Waals surface area contributed by atoms with Crippen LogP contribution in [0.25, 0.3) is 27.4 Å². The topological polar surface area (TPSA) is 152 Å². The van der Waals surface area contributed by atoms with E-state index in [1.54, 1.807) is 28.5 Å². The summed E-state index contributed by atoms with van der Waals surface area (Å²) in [6.07, 6.45) is 7.60. The Kier molecular flexibility index (Phi) is 6.98. The van der Waals surface area contributed by atoms with Crippen molar-refractivity contribution in [2.45, 2.75) is 64.0 Å². The van der Waals surface area contributed by atoms with Crippen LogP contribution in [-0.4, -0.2) is 65.4 Å². The highest BCUT2D eigenvalue weighted by Crippen LogP contribution is 2.40. The van der Waals surface area contributed by atoms with E-state index in [4.69, 9.17) is 5.73 Å². The zero-order valence-corrected chi connectivity index (χ0v) is 23.2. The Balaban J connectivity index is 1.35. The summed E-state index contributed by atoms with van der Waals surface area (Å²) in [6.45, 7) is 5.83. The van der Waals surface area contributed by atoms with Crippen LogP contribution in [0.1, 0.15) is 67.7 Å². The number of nitrogens with two attached hydrogens (primary N) is 1. The fourth-order valence-corrected chi connectivity index (χ4v) is 6.41. The number of nitrogens with one attached hydrogen (secondary N) is 1. The average molecular weight is 549 g/mol.